The van der Waals surface area contributed by atoms with E-state index in [1.165, 1.54) is 0 Å². The molecule has 0 aromatic carbocycles. The normalized spacial score (nSPS) is 16.7. The Morgan fingerprint density at radius 2 is 1.29 bits per heavy atom. The first-order chi connectivity index (χ1) is 15.2. The summed E-state index contributed by atoms with van der Waals surface area (Å²) in [5, 5.41) is 0. The lowest BCUT2D eigenvalue weighted by Gasteiger charge is -2.39. The fourth-order valence-corrected chi connectivity index (χ4v) is 1.72. The number of rotatable bonds is 9. The van der Waals surface area contributed by atoms with E-state index in [1.807, 2.05) is 0 Å². The quantitative estimate of drug-likeness (QED) is 0.135. The Morgan fingerprint density at radius 3 is 1.54 bits per heavy atom. The van der Waals surface area contributed by atoms with Gasteiger partial charge in [0, 0.05) is 12.3 Å². The van der Waals surface area contributed by atoms with Crippen LogP contribution in [0.2, 0.25) is 0 Å². The number of esters is 1. The molecule has 0 aromatic rings. The summed E-state index contributed by atoms with van der Waals surface area (Å²) in [5.74, 6) is -7.36. The van der Waals surface area contributed by atoms with E-state index >= 15 is 0 Å². The van der Waals surface area contributed by atoms with Crippen LogP contribution in [0.1, 0.15) is 13.3 Å². The first-order valence-electron chi connectivity index (χ1n) is 8.27. The van der Waals surface area contributed by atoms with Gasteiger partial charge in [-0.15, -0.1) is 13.2 Å². The van der Waals surface area contributed by atoms with Crippen LogP contribution in [0.5, 0.6) is 0 Å². The van der Waals surface area contributed by atoms with Gasteiger partial charge in [-0.05, 0) is 6.92 Å². The predicted octanol–water partition coefficient (Wildman–Crippen LogP) is 6.82. The van der Waals surface area contributed by atoms with Gasteiger partial charge in [-0.3, -0.25) is 0 Å². The molecule has 0 aliphatic rings. The van der Waals surface area contributed by atoms with Crippen molar-refractivity contribution < 1.29 is 79.8 Å². The minimum atomic E-state index is -6.03. The Morgan fingerprint density at radius 1 is 0.857 bits per heavy atom. The van der Waals surface area contributed by atoms with Crippen LogP contribution in [0, 0.1) is 0 Å². The van der Waals surface area contributed by atoms with Crippen LogP contribution in [0.4, 0.5) is 70.2 Å². The maximum atomic E-state index is 13.1. The van der Waals surface area contributed by atoms with Gasteiger partial charge in [-0.25, -0.2) is 22.9 Å². The van der Waals surface area contributed by atoms with Gasteiger partial charge in [0.1, 0.15) is 13.3 Å². The van der Waals surface area contributed by atoms with Crippen molar-refractivity contribution in [3.8, 4) is 0 Å². The van der Waals surface area contributed by atoms with Crippen molar-refractivity contribution in [1.82, 2.24) is 4.90 Å². The number of carbonyl (C=O) groups is 1. The van der Waals surface area contributed by atoms with Gasteiger partial charge in [0.05, 0.1) is 6.42 Å². The second-order valence-electron chi connectivity index (χ2n) is 6.53. The number of carbonyl (C=O) groups excluding carboxylic acids is 1. The van der Waals surface area contributed by atoms with Crippen LogP contribution in [-0.2, 0) is 9.53 Å². The number of hydrogen-bond donors (Lipinski definition) is 0. The summed E-state index contributed by atoms with van der Waals surface area (Å²) in [6, 6.07) is -6.03. The Hall–Kier alpha value is -2.37. The molecule has 0 radical (unpaired) electrons. The second-order valence-corrected chi connectivity index (χ2v) is 6.53. The van der Waals surface area contributed by atoms with Crippen LogP contribution in [-0.4, -0.2) is 66.1 Å². The average molecular weight is 557 g/mol. The fourth-order valence-electron chi connectivity index (χ4n) is 1.72. The van der Waals surface area contributed by atoms with E-state index in [2.05, 4.69) is 17.9 Å². The number of halogens is 16. The van der Waals surface area contributed by atoms with Gasteiger partial charge >= 0.3 is 36.6 Å². The molecule has 3 nitrogen and oxygen atoms in total. The molecule has 0 rings (SSSR count). The molecule has 2 unspecified atom stereocenters. The highest BCUT2D eigenvalue weighted by molar-refractivity contribution is 5.81. The number of nitrogens with zero attached hydrogens (tertiary/aromatic N) is 1. The maximum absolute atomic E-state index is 13.1. The van der Waals surface area contributed by atoms with Crippen molar-refractivity contribution >= 4 is 5.97 Å². The van der Waals surface area contributed by atoms with Gasteiger partial charge in [0.25, 0.3) is 0 Å². The van der Waals surface area contributed by atoms with Crippen molar-refractivity contribution in [3.63, 3.8) is 0 Å². The zero-order chi connectivity index (χ0) is 28.9. The molecule has 208 valence electrons. The van der Waals surface area contributed by atoms with Crippen LogP contribution in [0.15, 0.2) is 25.4 Å². The lowest BCUT2D eigenvalue weighted by atomic mass is 9.99. The third-order valence-corrected chi connectivity index (χ3v) is 3.64. The summed E-state index contributed by atoms with van der Waals surface area (Å²) in [5.41, 5.74) is -9.13. The highest BCUT2D eigenvalue weighted by Gasteiger charge is 2.73. The molecule has 35 heavy (non-hydrogen) atoms. The molecular formula is C16H15F16NO2. The summed E-state index contributed by atoms with van der Waals surface area (Å²) >= 11 is 0. The molecule has 0 heterocycles. The molecule has 0 spiro atoms. The minimum Gasteiger partial charge on any atom is -0.459 e. The van der Waals surface area contributed by atoms with E-state index in [0.717, 1.165) is 0 Å². The van der Waals surface area contributed by atoms with E-state index in [0.29, 0.717) is 6.08 Å². The highest BCUT2D eigenvalue weighted by Crippen LogP contribution is 2.49. The molecule has 0 aromatic heterocycles. The zero-order valence-corrected chi connectivity index (χ0v) is 17.0. The molecule has 0 saturated carbocycles. The molecule has 0 fully saturated rings. The predicted molar refractivity (Wildman–Crippen MR) is 85.2 cm³/mol. The maximum Gasteiger partial charge on any atom is 0.489 e. The lowest BCUT2D eigenvalue weighted by Crippen LogP contribution is -2.64. The first kappa shape index (κ1) is 34.8. The Balaban J connectivity index is 0. The van der Waals surface area contributed by atoms with Crippen molar-refractivity contribution in [2.75, 3.05) is 13.3 Å². The van der Waals surface area contributed by atoms with Crippen molar-refractivity contribution in [2.24, 2.45) is 0 Å². The minimum absolute atomic E-state index is 0.265. The monoisotopic (exact) mass is 557 g/mol. The second kappa shape index (κ2) is 11.1. The fraction of sp³-hybridized carbons (Fsp3) is 0.688. The molecule has 0 bridgehead atoms. The number of hydrogen-bond acceptors (Lipinski definition) is 3. The van der Waals surface area contributed by atoms with Crippen molar-refractivity contribution in [2.45, 2.75) is 55.3 Å². The van der Waals surface area contributed by atoms with Crippen molar-refractivity contribution in [3.05, 3.63) is 25.4 Å². The van der Waals surface area contributed by atoms with Gasteiger partial charge < -0.3 is 4.74 Å². The van der Waals surface area contributed by atoms with Crippen LogP contribution < -0.4 is 0 Å². The first-order valence-corrected chi connectivity index (χ1v) is 8.27. The molecule has 19 heteroatoms. The SMILES string of the molecule is C=CC(=O)OCC(F)(CC(F)(F)F)C(F)(F)F.C=CN(C(F)(F)F)C(F)(F)C(F)(F)C(C)(F)CF. The van der Waals surface area contributed by atoms with Crippen LogP contribution >= 0.6 is 0 Å². The van der Waals surface area contributed by atoms with Crippen LogP contribution in [0.25, 0.3) is 0 Å². The highest BCUT2D eigenvalue weighted by atomic mass is 19.4. The zero-order valence-electron chi connectivity index (χ0n) is 17.0. The van der Waals surface area contributed by atoms with E-state index in [1.54, 1.807) is 0 Å². The van der Waals surface area contributed by atoms with E-state index < -0.39 is 78.7 Å². The van der Waals surface area contributed by atoms with E-state index in [4.69, 9.17) is 0 Å². The lowest BCUT2D eigenvalue weighted by molar-refractivity contribution is -0.385. The number of alkyl halides is 16. The third-order valence-electron chi connectivity index (χ3n) is 3.64. The Bertz CT molecular complexity index is 725. The van der Waals surface area contributed by atoms with Gasteiger partial charge in [0.15, 0.2) is 0 Å². The Labute approximate surface area is 186 Å². The summed E-state index contributed by atoms with van der Waals surface area (Å²) < 4.78 is 202. The Kier molecular flexibility index (Phi) is 11.1. The average Bonchev–Trinajstić information content (AvgIpc) is 2.63. The summed E-state index contributed by atoms with van der Waals surface area (Å²) in [7, 11) is 0. The third kappa shape index (κ3) is 8.97. The topological polar surface area (TPSA) is 29.5 Å². The number of ether oxygens (including phenoxy) is 1. The van der Waals surface area contributed by atoms with Gasteiger partial charge in [0.2, 0.25) is 11.3 Å². The molecular weight excluding hydrogens is 542 g/mol. The molecule has 2 atom stereocenters. The molecule has 0 saturated heterocycles. The summed E-state index contributed by atoms with van der Waals surface area (Å²) in [4.78, 5) is 8.32. The molecule has 0 aliphatic carbocycles. The van der Waals surface area contributed by atoms with Gasteiger partial charge in [-0.2, -0.15) is 43.9 Å². The molecule has 0 aliphatic heterocycles. The van der Waals surface area contributed by atoms with Crippen molar-refractivity contribution in [1.29, 1.82) is 0 Å². The standard InChI is InChI=1S/C8H8F9N.C8H7F7O2/c1-3-18(8(15,16)17)7(13,14)6(11,12)5(2,10)4-9;1-2-5(16)17-4-6(9,8(13,14)15)3-7(10,11)12/h3H,1,4H2,2H3;2H,1,3-4H2. The summed E-state index contributed by atoms with van der Waals surface area (Å²) in [6.45, 7) is 0.170. The largest absolute Gasteiger partial charge is 0.489 e. The van der Waals surface area contributed by atoms with E-state index in [9.17, 15) is 75.0 Å². The summed E-state index contributed by atoms with van der Waals surface area (Å²) in [6.07, 6.45) is -20.1. The van der Waals surface area contributed by atoms with E-state index in [-0.39, 0.29) is 6.92 Å². The smallest absolute Gasteiger partial charge is 0.459 e. The van der Waals surface area contributed by atoms with Crippen LogP contribution in [0.3, 0.4) is 0 Å². The molecule has 0 N–H and O–H groups in total. The molecule has 0 amide bonds. The van der Waals surface area contributed by atoms with Gasteiger partial charge in [-0.1, -0.05) is 13.2 Å².